The predicted octanol–water partition coefficient (Wildman–Crippen LogP) is 3.56. The van der Waals surface area contributed by atoms with Crippen LogP contribution in [0, 0.1) is 17.6 Å². The van der Waals surface area contributed by atoms with Crippen LogP contribution in [-0.2, 0) is 14.8 Å². The average molecular weight is 403 g/mol. The minimum atomic E-state index is -4.02. The molecule has 0 aromatic heterocycles. The molecule has 2 rings (SSSR count). The maximum absolute atomic E-state index is 13.3. The molecule has 0 saturated carbocycles. The zero-order valence-electron chi connectivity index (χ0n) is 14.0. The van der Waals surface area contributed by atoms with Crippen molar-refractivity contribution < 1.29 is 22.0 Å². The second-order valence-electron chi connectivity index (χ2n) is 5.95. The summed E-state index contributed by atoms with van der Waals surface area (Å²) in [7, 11) is -4.02. The molecule has 0 saturated heterocycles. The van der Waals surface area contributed by atoms with E-state index in [0.717, 1.165) is 12.1 Å². The van der Waals surface area contributed by atoms with Gasteiger partial charge in [0.15, 0.2) is 0 Å². The molecule has 1 atom stereocenters. The van der Waals surface area contributed by atoms with Gasteiger partial charge >= 0.3 is 0 Å². The third-order valence-electron chi connectivity index (χ3n) is 3.47. The van der Waals surface area contributed by atoms with E-state index in [1.54, 1.807) is 13.8 Å². The lowest BCUT2D eigenvalue weighted by molar-refractivity contribution is -0.118. The number of hydrogen-bond acceptors (Lipinski definition) is 3. The van der Waals surface area contributed by atoms with Crippen LogP contribution in [0.5, 0.6) is 0 Å². The van der Waals surface area contributed by atoms with Crippen LogP contribution in [0.2, 0.25) is 5.02 Å². The summed E-state index contributed by atoms with van der Waals surface area (Å²) in [6.07, 6.45) is 0. The van der Waals surface area contributed by atoms with Crippen LogP contribution in [0.15, 0.2) is 47.4 Å². The lowest BCUT2D eigenvalue weighted by Crippen LogP contribution is -2.47. The number of carbonyl (C=O) groups is 1. The molecular weight excluding hydrogens is 386 g/mol. The summed E-state index contributed by atoms with van der Waals surface area (Å²) in [6.45, 7) is 3.27. The van der Waals surface area contributed by atoms with E-state index in [2.05, 4.69) is 10.0 Å². The van der Waals surface area contributed by atoms with Crippen molar-refractivity contribution in [3.8, 4) is 0 Å². The molecule has 0 aliphatic heterocycles. The number of nitrogens with one attached hydrogen (secondary N) is 2. The van der Waals surface area contributed by atoms with E-state index in [1.165, 1.54) is 24.3 Å². The summed E-state index contributed by atoms with van der Waals surface area (Å²) in [5.74, 6) is -2.89. The SMILES string of the molecule is CC(C)[C@@H](NS(=O)(=O)c1cccc(Cl)c1)C(=O)Nc1cc(F)cc(F)c1. The minimum absolute atomic E-state index is 0.0970. The molecule has 0 radical (unpaired) electrons. The molecule has 0 aliphatic carbocycles. The van der Waals surface area contributed by atoms with Gasteiger partial charge in [-0.05, 0) is 36.2 Å². The van der Waals surface area contributed by atoms with Gasteiger partial charge in [-0.1, -0.05) is 31.5 Å². The highest BCUT2D eigenvalue weighted by molar-refractivity contribution is 7.89. The number of benzene rings is 2. The van der Waals surface area contributed by atoms with Crippen LogP contribution in [0.1, 0.15) is 13.8 Å². The summed E-state index contributed by atoms with van der Waals surface area (Å²) < 4.78 is 53.8. The van der Waals surface area contributed by atoms with Crippen molar-refractivity contribution in [1.29, 1.82) is 0 Å². The Morgan fingerprint density at radius 2 is 1.69 bits per heavy atom. The van der Waals surface area contributed by atoms with E-state index in [9.17, 15) is 22.0 Å². The second-order valence-corrected chi connectivity index (χ2v) is 8.10. The van der Waals surface area contributed by atoms with Gasteiger partial charge in [0.05, 0.1) is 4.90 Å². The highest BCUT2D eigenvalue weighted by Gasteiger charge is 2.28. The first-order valence-corrected chi connectivity index (χ1v) is 9.49. The third-order valence-corrected chi connectivity index (χ3v) is 5.14. The molecule has 0 aliphatic rings. The van der Waals surface area contributed by atoms with E-state index >= 15 is 0 Å². The summed E-state index contributed by atoms with van der Waals surface area (Å²) in [5.41, 5.74) is -0.111. The largest absolute Gasteiger partial charge is 0.324 e. The standard InChI is InChI=1S/C17H17ClF2N2O3S/c1-10(2)16(17(23)21-14-8-12(19)7-13(20)9-14)22-26(24,25)15-5-3-4-11(18)6-15/h3-10,16,22H,1-2H3,(H,21,23)/t16-/m1/s1. The van der Waals surface area contributed by atoms with Gasteiger partial charge in [-0.3, -0.25) is 4.79 Å². The molecule has 1 amide bonds. The predicted molar refractivity (Wildman–Crippen MR) is 95.4 cm³/mol. The molecule has 5 nitrogen and oxygen atoms in total. The fourth-order valence-corrected chi connectivity index (χ4v) is 3.85. The van der Waals surface area contributed by atoms with Crippen LogP contribution in [-0.4, -0.2) is 20.4 Å². The molecule has 2 N–H and O–H groups in total. The normalized spacial score (nSPS) is 12.8. The van der Waals surface area contributed by atoms with Crippen molar-refractivity contribution in [3.63, 3.8) is 0 Å². The van der Waals surface area contributed by atoms with Gasteiger partial charge in [0.2, 0.25) is 15.9 Å². The Labute approximate surface area is 155 Å². The maximum Gasteiger partial charge on any atom is 0.242 e. The third kappa shape index (κ3) is 5.23. The van der Waals surface area contributed by atoms with Crippen molar-refractivity contribution >= 4 is 33.2 Å². The first kappa shape index (κ1) is 20.3. The number of amides is 1. The number of anilines is 1. The van der Waals surface area contributed by atoms with Crippen molar-refractivity contribution in [3.05, 3.63) is 59.1 Å². The fraction of sp³-hybridized carbons (Fsp3) is 0.235. The van der Waals surface area contributed by atoms with Gasteiger partial charge in [0.25, 0.3) is 0 Å². The Bertz CT molecular complexity index is 900. The number of hydrogen-bond donors (Lipinski definition) is 2. The average Bonchev–Trinajstić information content (AvgIpc) is 2.51. The Morgan fingerprint density at radius 1 is 1.08 bits per heavy atom. The van der Waals surface area contributed by atoms with Crippen molar-refractivity contribution in [2.75, 3.05) is 5.32 Å². The molecule has 2 aromatic rings. The minimum Gasteiger partial charge on any atom is -0.324 e. The molecule has 26 heavy (non-hydrogen) atoms. The van der Waals surface area contributed by atoms with Crippen LogP contribution in [0.25, 0.3) is 0 Å². The number of rotatable bonds is 6. The Kier molecular flexibility index (Phi) is 6.33. The Hall–Kier alpha value is -2.03. The quantitative estimate of drug-likeness (QED) is 0.775. The van der Waals surface area contributed by atoms with Crippen LogP contribution in [0.3, 0.4) is 0 Å². The summed E-state index contributed by atoms with van der Waals surface area (Å²) >= 11 is 5.81. The lowest BCUT2D eigenvalue weighted by atomic mass is 10.0. The molecule has 0 heterocycles. The topological polar surface area (TPSA) is 75.3 Å². The van der Waals surface area contributed by atoms with Gasteiger partial charge < -0.3 is 5.32 Å². The first-order chi connectivity index (χ1) is 12.1. The number of carbonyl (C=O) groups excluding carboxylic acids is 1. The highest BCUT2D eigenvalue weighted by atomic mass is 35.5. The molecule has 2 aromatic carbocycles. The highest BCUT2D eigenvalue weighted by Crippen LogP contribution is 2.18. The fourth-order valence-electron chi connectivity index (χ4n) is 2.21. The van der Waals surface area contributed by atoms with Crippen LogP contribution < -0.4 is 10.0 Å². The molecule has 0 unspecified atom stereocenters. The first-order valence-electron chi connectivity index (χ1n) is 7.63. The molecule has 0 bridgehead atoms. The van der Waals surface area contributed by atoms with Gasteiger partial charge in [0, 0.05) is 16.8 Å². The van der Waals surface area contributed by atoms with Gasteiger partial charge in [0.1, 0.15) is 17.7 Å². The van der Waals surface area contributed by atoms with Gasteiger partial charge in [-0.25, -0.2) is 17.2 Å². The van der Waals surface area contributed by atoms with E-state index in [4.69, 9.17) is 11.6 Å². The van der Waals surface area contributed by atoms with Gasteiger partial charge in [-0.2, -0.15) is 4.72 Å². The zero-order chi connectivity index (χ0) is 19.5. The molecule has 9 heteroatoms. The van der Waals surface area contributed by atoms with Gasteiger partial charge in [-0.15, -0.1) is 0 Å². The smallest absolute Gasteiger partial charge is 0.242 e. The number of sulfonamides is 1. The lowest BCUT2D eigenvalue weighted by Gasteiger charge is -2.21. The van der Waals surface area contributed by atoms with Crippen LogP contribution in [0.4, 0.5) is 14.5 Å². The Morgan fingerprint density at radius 3 is 2.23 bits per heavy atom. The molecule has 140 valence electrons. The van der Waals surface area contributed by atoms with E-state index in [-0.39, 0.29) is 15.6 Å². The summed E-state index contributed by atoms with van der Waals surface area (Å²) in [4.78, 5) is 12.3. The van der Waals surface area contributed by atoms with Crippen molar-refractivity contribution in [1.82, 2.24) is 4.72 Å². The van der Waals surface area contributed by atoms with Crippen molar-refractivity contribution in [2.24, 2.45) is 5.92 Å². The second kappa shape index (κ2) is 8.11. The zero-order valence-corrected chi connectivity index (χ0v) is 15.5. The van der Waals surface area contributed by atoms with Crippen LogP contribution >= 0.6 is 11.6 Å². The summed E-state index contributed by atoms with van der Waals surface area (Å²) in [6, 6.07) is 6.95. The molecule has 0 fully saturated rings. The number of halogens is 3. The monoisotopic (exact) mass is 402 g/mol. The van der Waals surface area contributed by atoms with Crippen molar-refractivity contribution in [2.45, 2.75) is 24.8 Å². The van der Waals surface area contributed by atoms with E-state index in [0.29, 0.717) is 6.07 Å². The molecule has 0 spiro atoms. The molecular formula is C17H17ClF2N2O3S. The Balaban J connectivity index is 2.24. The maximum atomic E-state index is 13.3. The van der Waals surface area contributed by atoms with E-state index < -0.39 is 39.5 Å². The summed E-state index contributed by atoms with van der Waals surface area (Å²) in [5, 5.41) is 2.55. The van der Waals surface area contributed by atoms with E-state index in [1.807, 2.05) is 0 Å².